The van der Waals surface area contributed by atoms with Crippen LogP contribution in [0.5, 0.6) is 0 Å². The fourth-order valence-electron chi connectivity index (χ4n) is 6.53. The molecule has 0 aliphatic heterocycles. The fraction of sp³-hybridized carbons (Fsp3) is 0.667. The second kappa shape index (κ2) is 25.7. The van der Waals surface area contributed by atoms with Gasteiger partial charge in [0, 0.05) is 35.0 Å². The van der Waals surface area contributed by atoms with Gasteiger partial charge in [-0.2, -0.15) is 0 Å². The lowest BCUT2D eigenvalue weighted by molar-refractivity contribution is 0.548. The molecule has 0 N–H and O–H groups in total. The van der Waals surface area contributed by atoms with Crippen molar-refractivity contribution >= 4 is 78.3 Å². The fourth-order valence-corrected chi connectivity index (χ4v) is 13.7. The molecule has 4 aromatic rings. The predicted molar refractivity (Wildman–Crippen MR) is 230 cm³/mol. The number of fused-ring (bicyclic) bond motifs is 1. The summed E-state index contributed by atoms with van der Waals surface area (Å²) in [7, 11) is 0. The average molecular weight is 761 g/mol. The van der Waals surface area contributed by atoms with Crippen LogP contribution < -0.4 is 0 Å². The Labute approximate surface area is 319 Å². The van der Waals surface area contributed by atoms with Crippen LogP contribution in [0, 0.1) is 0 Å². The Morgan fingerprint density at radius 2 is 0.979 bits per heavy atom. The van der Waals surface area contributed by atoms with Gasteiger partial charge in [0.15, 0.2) is 0 Å². The van der Waals surface area contributed by atoms with E-state index in [1.165, 1.54) is 200 Å². The molecule has 4 aromatic heterocycles. The smallest absolute Gasteiger partial charge is 0.0596 e. The largest absolute Gasteiger partial charge is 0.143 e. The molecule has 0 atom stereocenters. The lowest BCUT2D eigenvalue weighted by atomic mass is 10.1. The van der Waals surface area contributed by atoms with Gasteiger partial charge in [-0.3, -0.25) is 0 Å². The molecule has 0 aliphatic carbocycles. The SMILES string of the molecule is CCCCCCCCCCCCCCSc1ccsc1-c1scc(-c2cc3sccc3s2)c1SCCCCCCCCCCCCCC. The highest BCUT2D eigenvalue weighted by atomic mass is 32.2. The highest BCUT2D eigenvalue weighted by Gasteiger charge is 2.20. The zero-order valence-electron chi connectivity index (χ0n) is 30.3. The molecule has 6 heteroatoms. The molecular weight excluding hydrogens is 697 g/mol. The van der Waals surface area contributed by atoms with Crippen LogP contribution in [-0.2, 0) is 0 Å². The summed E-state index contributed by atoms with van der Waals surface area (Å²) >= 11 is 12.1. The van der Waals surface area contributed by atoms with E-state index in [4.69, 9.17) is 0 Å². The van der Waals surface area contributed by atoms with E-state index in [-0.39, 0.29) is 0 Å². The summed E-state index contributed by atoms with van der Waals surface area (Å²) in [4.78, 5) is 7.56. The third-order valence-corrected chi connectivity index (χ3v) is 16.3. The molecule has 0 aromatic carbocycles. The van der Waals surface area contributed by atoms with E-state index >= 15 is 0 Å². The van der Waals surface area contributed by atoms with Gasteiger partial charge in [0.05, 0.1) is 9.75 Å². The molecule has 0 amide bonds. The maximum atomic E-state index is 2.47. The lowest BCUT2D eigenvalue weighted by Gasteiger charge is -2.09. The molecule has 4 heterocycles. The van der Waals surface area contributed by atoms with Gasteiger partial charge in [0.2, 0.25) is 0 Å². The van der Waals surface area contributed by atoms with Crippen molar-refractivity contribution in [3.8, 4) is 20.2 Å². The van der Waals surface area contributed by atoms with E-state index in [1.54, 1.807) is 4.90 Å². The molecule has 0 nitrogen and oxygen atoms in total. The summed E-state index contributed by atoms with van der Waals surface area (Å²) in [5, 5.41) is 7.04. The molecule has 0 radical (unpaired) electrons. The third kappa shape index (κ3) is 14.8. The Kier molecular flexibility index (Phi) is 21.7. The summed E-state index contributed by atoms with van der Waals surface area (Å²) in [5.41, 5.74) is 1.48. The third-order valence-electron chi connectivity index (χ3n) is 9.49. The van der Waals surface area contributed by atoms with Crippen LogP contribution >= 0.6 is 68.9 Å². The maximum absolute atomic E-state index is 2.47. The lowest BCUT2D eigenvalue weighted by Crippen LogP contribution is -1.86. The van der Waals surface area contributed by atoms with Crippen molar-refractivity contribution in [1.82, 2.24) is 0 Å². The molecule has 268 valence electrons. The van der Waals surface area contributed by atoms with Crippen LogP contribution in [0.15, 0.2) is 44.1 Å². The number of rotatable bonds is 30. The van der Waals surface area contributed by atoms with Gasteiger partial charge in [-0.15, -0.1) is 68.9 Å². The summed E-state index contributed by atoms with van der Waals surface area (Å²) in [6, 6.07) is 7.14. The molecule has 0 saturated heterocycles. The topological polar surface area (TPSA) is 0 Å². The molecule has 48 heavy (non-hydrogen) atoms. The molecule has 0 aliphatic rings. The zero-order chi connectivity index (χ0) is 33.5. The molecular formula is C42H64S6. The average Bonchev–Trinajstić information content (AvgIpc) is 3.90. The minimum atomic E-state index is 1.24. The van der Waals surface area contributed by atoms with Crippen LogP contribution in [0.1, 0.15) is 168 Å². The van der Waals surface area contributed by atoms with Crippen molar-refractivity contribution in [3.05, 3.63) is 34.3 Å². The molecule has 4 rings (SSSR count). The number of hydrogen-bond donors (Lipinski definition) is 0. The highest BCUT2D eigenvalue weighted by molar-refractivity contribution is 8.00. The van der Waals surface area contributed by atoms with E-state index in [1.807, 2.05) is 45.3 Å². The molecule has 0 fully saturated rings. The quantitative estimate of drug-likeness (QED) is 0.0383. The Balaban J connectivity index is 1.21. The van der Waals surface area contributed by atoms with Crippen LogP contribution in [0.25, 0.3) is 29.6 Å². The van der Waals surface area contributed by atoms with Crippen molar-refractivity contribution in [2.75, 3.05) is 11.5 Å². The van der Waals surface area contributed by atoms with Gasteiger partial charge < -0.3 is 0 Å². The van der Waals surface area contributed by atoms with Crippen molar-refractivity contribution in [2.45, 2.75) is 178 Å². The standard InChI is InChI=1S/C42H64S6/c1-3-5-7-9-11-13-15-17-19-21-23-25-29-43-37-28-32-46-41(37)42-40(35(34-47-42)38-33-39-36(48-38)27-31-44-39)45-30-26-24-22-20-18-16-14-12-10-8-6-4-2/h27-28,31-34H,3-26,29-30H2,1-2H3. The van der Waals surface area contributed by atoms with Crippen LogP contribution in [-0.4, -0.2) is 11.5 Å². The predicted octanol–water partition coefficient (Wildman–Crippen LogP) is 18.0. The first-order chi connectivity index (χ1) is 23.8. The Morgan fingerprint density at radius 1 is 0.479 bits per heavy atom. The van der Waals surface area contributed by atoms with Gasteiger partial charge in [-0.05, 0) is 53.3 Å². The summed E-state index contributed by atoms with van der Waals surface area (Å²) in [5.74, 6) is 2.49. The van der Waals surface area contributed by atoms with Crippen LogP contribution in [0.2, 0.25) is 0 Å². The monoisotopic (exact) mass is 760 g/mol. The Hall–Kier alpha value is -0.240. The molecule has 0 spiro atoms. The molecule has 0 saturated carbocycles. The molecule has 0 unspecified atom stereocenters. The summed E-state index contributed by atoms with van der Waals surface area (Å²) < 4.78 is 2.88. The van der Waals surface area contributed by atoms with Crippen LogP contribution in [0.3, 0.4) is 0 Å². The van der Waals surface area contributed by atoms with E-state index in [9.17, 15) is 0 Å². The minimum Gasteiger partial charge on any atom is -0.143 e. The van der Waals surface area contributed by atoms with E-state index in [0.717, 1.165) is 0 Å². The van der Waals surface area contributed by atoms with Gasteiger partial charge in [-0.1, -0.05) is 155 Å². The van der Waals surface area contributed by atoms with Gasteiger partial charge in [0.1, 0.15) is 0 Å². The van der Waals surface area contributed by atoms with Gasteiger partial charge >= 0.3 is 0 Å². The zero-order valence-corrected chi connectivity index (χ0v) is 35.2. The Bertz CT molecular complexity index is 1310. The van der Waals surface area contributed by atoms with E-state index in [2.05, 4.69) is 71.7 Å². The van der Waals surface area contributed by atoms with Crippen molar-refractivity contribution < 1.29 is 0 Å². The first kappa shape index (κ1) is 40.5. The van der Waals surface area contributed by atoms with E-state index < -0.39 is 0 Å². The Morgan fingerprint density at radius 3 is 1.52 bits per heavy atom. The van der Waals surface area contributed by atoms with E-state index in [0.29, 0.717) is 0 Å². The molecule has 0 bridgehead atoms. The first-order valence-corrected chi connectivity index (χ1v) is 25.2. The minimum absolute atomic E-state index is 1.24. The normalized spacial score (nSPS) is 11.8. The summed E-state index contributed by atoms with van der Waals surface area (Å²) in [6.45, 7) is 4.62. The van der Waals surface area contributed by atoms with Crippen molar-refractivity contribution in [2.24, 2.45) is 0 Å². The van der Waals surface area contributed by atoms with Crippen molar-refractivity contribution in [1.29, 1.82) is 0 Å². The maximum Gasteiger partial charge on any atom is 0.0596 e. The van der Waals surface area contributed by atoms with Crippen LogP contribution in [0.4, 0.5) is 0 Å². The number of thioether (sulfide) groups is 2. The number of hydrogen-bond acceptors (Lipinski definition) is 6. The summed E-state index contributed by atoms with van der Waals surface area (Å²) in [6.07, 6.45) is 34.1. The van der Waals surface area contributed by atoms with Gasteiger partial charge in [0.25, 0.3) is 0 Å². The highest BCUT2D eigenvalue weighted by Crippen LogP contribution is 2.51. The van der Waals surface area contributed by atoms with Gasteiger partial charge in [-0.25, -0.2) is 0 Å². The van der Waals surface area contributed by atoms with Crippen molar-refractivity contribution in [3.63, 3.8) is 0 Å². The second-order valence-corrected chi connectivity index (χ2v) is 19.7. The second-order valence-electron chi connectivity index (χ2n) is 13.7. The number of thiophene rings is 4. The number of unbranched alkanes of at least 4 members (excludes halogenated alkanes) is 22. The first-order valence-electron chi connectivity index (χ1n) is 19.7.